The lowest BCUT2D eigenvalue weighted by atomic mass is 10.0. The Labute approximate surface area is 133 Å². The second kappa shape index (κ2) is 6.83. The Hall–Kier alpha value is -1.01. The highest BCUT2D eigenvalue weighted by molar-refractivity contribution is 7.99. The summed E-state index contributed by atoms with van der Waals surface area (Å²) in [6.45, 7) is 0.962. The van der Waals surface area contributed by atoms with E-state index in [1.165, 1.54) is 24.3 Å². The Morgan fingerprint density at radius 3 is 2.90 bits per heavy atom. The van der Waals surface area contributed by atoms with Crippen molar-refractivity contribution in [1.82, 2.24) is 19.5 Å². The van der Waals surface area contributed by atoms with Gasteiger partial charge in [0.15, 0.2) is 11.2 Å². The van der Waals surface area contributed by atoms with Gasteiger partial charge in [-0.3, -0.25) is 0 Å². The fourth-order valence-electron chi connectivity index (χ4n) is 2.76. The molecule has 0 aliphatic carbocycles. The number of thioether (sulfide) groups is 1. The quantitative estimate of drug-likeness (QED) is 0.791. The van der Waals surface area contributed by atoms with E-state index >= 15 is 0 Å². The number of hydrogen-bond acceptors (Lipinski definition) is 5. The molecule has 3 rings (SSSR count). The second-order valence-electron chi connectivity index (χ2n) is 5.19. The molecule has 0 atom stereocenters. The van der Waals surface area contributed by atoms with E-state index in [9.17, 15) is 0 Å². The molecule has 0 N–H and O–H groups in total. The molecular formula is C14H19ClN4OS. The van der Waals surface area contributed by atoms with Gasteiger partial charge < -0.3 is 9.30 Å². The van der Waals surface area contributed by atoms with E-state index in [1.54, 1.807) is 13.4 Å². The third kappa shape index (κ3) is 3.11. The summed E-state index contributed by atoms with van der Waals surface area (Å²) in [7, 11) is 1.61. The Morgan fingerprint density at radius 2 is 2.19 bits per heavy atom. The number of rotatable bonds is 5. The predicted octanol–water partition coefficient (Wildman–Crippen LogP) is 2.76. The first-order valence-corrected chi connectivity index (χ1v) is 8.90. The molecule has 0 radical (unpaired) electrons. The van der Waals surface area contributed by atoms with Crippen molar-refractivity contribution in [3.8, 4) is 5.88 Å². The maximum atomic E-state index is 5.93. The molecular weight excluding hydrogens is 308 g/mol. The number of aromatic nitrogens is 4. The highest BCUT2D eigenvalue weighted by Crippen LogP contribution is 2.28. The Kier molecular flexibility index (Phi) is 4.85. The molecule has 1 aliphatic rings. The van der Waals surface area contributed by atoms with Gasteiger partial charge in [0.2, 0.25) is 5.88 Å². The van der Waals surface area contributed by atoms with Gasteiger partial charge in [-0.25, -0.2) is 9.97 Å². The number of imidazole rings is 1. The molecule has 1 saturated heterocycles. The summed E-state index contributed by atoms with van der Waals surface area (Å²) >= 11 is 7.97. The normalized spacial score (nSPS) is 16.5. The highest BCUT2D eigenvalue weighted by Gasteiger charge is 2.20. The zero-order valence-electron chi connectivity index (χ0n) is 12.1. The molecule has 1 fully saturated rings. The van der Waals surface area contributed by atoms with Crippen LogP contribution in [0, 0.1) is 5.92 Å². The van der Waals surface area contributed by atoms with Gasteiger partial charge in [0.1, 0.15) is 12.2 Å². The van der Waals surface area contributed by atoms with Crippen molar-refractivity contribution in [1.29, 1.82) is 0 Å². The monoisotopic (exact) mass is 326 g/mol. The fourth-order valence-corrected chi connectivity index (χ4v) is 4.14. The van der Waals surface area contributed by atoms with Crippen LogP contribution in [0.5, 0.6) is 5.88 Å². The molecule has 2 aromatic rings. The third-order valence-corrected chi connectivity index (χ3v) is 5.11. The van der Waals surface area contributed by atoms with Crippen LogP contribution >= 0.6 is 23.4 Å². The number of methoxy groups -OCH3 is 1. The number of halogens is 1. The number of nitrogens with zero attached hydrogens (tertiary/aromatic N) is 4. The maximum absolute atomic E-state index is 5.93. The van der Waals surface area contributed by atoms with Crippen LogP contribution < -0.4 is 4.74 Å². The lowest BCUT2D eigenvalue weighted by Gasteiger charge is -2.22. The lowest BCUT2D eigenvalue weighted by molar-refractivity contribution is 0.401. The lowest BCUT2D eigenvalue weighted by Crippen LogP contribution is -2.18. The van der Waals surface area contributed by atoms with E-state index in [2.05, 4.69) is 19.5 Å². The average molecular weight is 327 g/mol. The zero-order chi connectivity index (χ0) is 14.7. The van der Waals surface area contributed by atoms with Crippen LogP contribution in [-0.4, -0.2) is 44.0 Å². The summed E-state index contributed by atoms with van der Waals surface area (Å²) in [5, 5.41) is 0. The summed E-state index contributed by atoms with van der Waals surface area (Å²) < 4.78 is 7.51. The molecule has 0 saturated carbocycles. The smallest absolute Gasteiger partial charge is 0.245 e. The van der Waals surface area contributed by atoms with Gasteiger partial charge in [0.25, 0.3) is 0 Å². The molecule has 0 unspecified atom stereocenters. The van der Waals surface area contributed by atoms with Gasteiger partial charge >= 0.3 is 0 Å². The molecule has 0 amide bonds. The van der Waals surface area contributed by atoms with E-state index in [1.807, 2.05) is 11.8 Å². The number of aryl methyl sites for hydroxylation is 1. The number of ether oxygens (including phenoxy) is 1. The van der Waals surface area contributed by atoms with Crippen LogP contribution in [0.15, 0.2) is 6.33 Å². The molecule has 3 heterocycles. The van der Waals surface area contributed by atoms with Crippen LogP contribution in [0.3, 0.4) is 0 Å². The minimum absolute atomic E-state index is 0.536. The van der Waals surface area contributed by atoms with Crippen molar-refractivity contribution in [3.05, 3.63) is 12.2 Å². The standard InChI is InChI=1S/C14H19ClN4OS/c1-20-14-12-13(16-9-17-14)19(11(18-12)2-5-15)8-10-3-6-21-7-4-10/h9-10H,2-8H2,1H3. The van der Waals surface area contributed by atoms with E-state index in [-0.39, 0.29) is 0 Å². The fraction of sp³-hybridized carbons (Fsp3) is 0.643. The molecule has 2 aromatic heterocycles. The first-order chi connectivity index (χ1) is 10.3. The van der Waals surface area contributed by atoms with Gasteiger partial charge in [0, 0.05) is 18.8 Å². The van der Waals surface area contributed by atoms with Crippen LogP contribution in [0.2, 0.25) is 0 Å². The van der Waals surface area contributed by atoms with Crippen LogP contribution in [0.1, 0.15) is 18.7 Å². The molecule has 21 heavy (non-hydrogen) atoms. The first kappa shape index (κ1) is 14.9. The van der Waals surface area contributed by atoms with Gasteiger partial charge in [-0.2, -0.15) is 16.7 Å². The largest absolute Gasteiger partial charge is 0.479 e. The molecule has 5 nitrogen and oxygen atoms in total. The molecule has 1 aliphatic heterocycles. The predicted molar refractivity (Wildman–Crippen MR) is 86.3 cm³/mol. The molecule has 7 heteroatoms. The number of hydrogen-bond donors (Lipinski definition) is 0. The third-order valence-electron chi connectivity index (χ3n) is 3.87. The van der Waals surface area contributed by atoms with Crippen molar-refractivity contribution in [2.24, 2.45) is 5.92 Å². The number of alkyl halides is 1. The second-order valence-corrected chi connectivity index (χ2v) is 6.79. The van der Waals surface area contributed by atoms with Crippen LogP contribution in [-0.2, 0) is 13.0 Å². The van der Waals surface area contributed by atoms with Gasteiger partial charge in [-0.05, 0) is 30.3 Å². The van der Waals surface area contributed by atoms with Gasteiger partial charge in [-0.15, -0.1) is 11.6 Å². The first-order valence-electron chi connectivity index (χ1n) is 7.21. The topological polar surface area (TPSA) is 52.8 Å². The van der Waals surface area contributed by atoms with E-state index in [0.29, 0.717) is 17.7 Å². The average Bonchev–Trinajstić information content (AvgIpc) is 2.87. The van der Waals surface area contributed by atoms with Gasteiger partial charge in [-0.1, -0.05) is 0 Å². The summed E-state index contributed by atoms with van der Waals surface area (Å²) in [5.74, 6) is 5.27. The van der Waals surface area contributed by atoms with Crippen molar-refractivity contribution in [2.45, 2.75) is 25.8 Å². The molecule has 0 spiro atoms. The van der Waals surface area contributed by atoms with E-state index < -0.39 is 0 Å². The summed E-state index contributed by atoms with van der Waals surface area (Å²) in [4.78, 5) is 13.2. The van der Waals surface area contributed by atoms with Gasteiger partial charge in [0.05, 0.1) is 7.11 Å². The summed E-state index contributed by atoms with van der Waals surface area (Å²) in [5.41, 5.74) is 1.60. The van der Waals surface area contributed by atoms with Crippen LogP contribution in [0.4, 0.5) is 0 Å². The van der Waals surface area contributed by atoms with Crippen molar-refractivity contribution in [2.75, 3.05) is 24.5 Å². The Bertz CT molecular complexity index is 612. The molecule has 0 bridgehead atoms. The van der Waals surface area contributed by atoms with Crippen molar-refractivity contribution >= 4 is 34.5 Å². The SMILES string of the molecule is COc1ncnc2c1nc(CCCl)n2CC1CCSCC1. The minimum Gasteiger partial charge on any atom is -0.479 e. The molecule has 114 valence electrons. The zero-order valence-corrected chi connectivity index (χ0v) is 13.7. The highest BCUT2D eigenvalue weighted by atomic mass is 35.5. The Balaban J connectivity index is 1.99. The van der Waals surface area contributed by atoms with Crippen molar-refractivity contribution < 1.29 is 4.74 Å². The van der Waals surface area contributed by atoms with E-state index in [4.69, 9.17) is 16.3 Å². The maximum Gasteiger partial charge on any atom is 0.245 e. The van der Waals surface area contributed by atoms with Crippen molar-refractivity contribution in [3.63, 3.8) is 0 Å². The minimum atomic E-state index is 0.536. The summed E-state index contributed by atoms with van der Waals surface area (Å²) in [6.07, 6.45) is 4.79. The van der Waals surface area contributed by atoms with E-state index in [0.717, 1.165) is 30.0 Å². The molecule has 0 aromatic carbocycles. The summed E-state index contributed by atoms with van der Waals surface area (Å²) in [6, 6.07) is 0. The number of fused-ring (bicyclic) bond motifs is 1. The van der Waals surface area contributed by atoms with Crippen LogP contribution in [0.25, 0.3) is 11.2 Å². The Morgan fingerprint density at radius 1 is 1.38 bits per heavy atom.